The first kappa shape index (κ1) is 40.0. The lowest BCUT2D eigenvalue weighted by Gasteiger charge is -2.05. The fraction of sp³-hybridized carbons (Fsp3) is 1.00. The topological polar surface area (TPSA) is 0 Å². The van der Waals surface area contributed by atoms with E-state index in [9.17, 15) is 0 Å². The van der Waals surface area contributed by atoms with Crippen LogP contribution in [0.15, 0.2) is 0 Å². The van der Waals surface area contributed by atoms with E-state index < -0.39 is 0 Å². The molecule has 11 rings (SSSR count). The van der Waals surface area contributed by atoms with E-state index in [4.69, 9.17) is 0 Å². The fourth-order valence-corrected chi connectivity index (χ4v) is 2.25. The summed E-state index contributed by atoms with van der Waals surface area (Å²) in [5.41, 5.74) is 0. The third-order valence-corrected chi connectivity index (χ3v) is 9.71. The molecule has 11 aliphatic rings. The Kier molecular flexibility index (Phi) is 35.4. The first-order valence-electron chi connectivity index (χ1n) is 21.0. The second-order valence-electron chi connectivity index (χ2n) is 14.8. The van der Waals surface area contributed by atoms with Gasteiger partial charge in [0.25, 0.3) is 0 Å². The molecular weight excluding hydrogens is 504 g/mol. The maximum Gasteiger partial charge on any atom is -0.0533 e. The van der Waals surface area contributed by atoms with Crippen molar-refractivity contribution < 1.29 is 0 Å². The van der Waals surface area contributed by atoms with Gasteiger partial charge in [0.15, 0.2) is 0 Å². The molecule has 0 N–H and O–H groups in total. The van der Waals surface area contributed by atoms with Crippen molar-refractivity contribution in [1.82, 2.24) is 0 Å². The van der Waals surface area contributed by atoms with E-state index in [2.05, 4.69) is 0 Å². The Bertz CT molecular complexity index is 251. The SMILES string of the molecule is C1CC1.C1CC1.C1CCC1.C1CCC1.C1CCC1.C1CCC1.C1CCC1.C1CCC1.C1CCC1.C1CCC1.C1CCC1. The minimum absolute atomic E-state index is 1.50. The van der Waals surface area contributed by atoms with Gasteiger partial charge in [0.1, 0.15) is 0 Å². The molecule has 11 saturated carbocycles. The molecule has 0 aromatic heterocycles. The molecule has 252 valence electrons. The minimum Gasteiger partial charge on any atom is -0.0533 e. The third-order valence-electron chi connectivity index (χ3n) is 9.71. The molecule has 0 atom stereocenters. The Morgan fingerprint density at radius 3 is 0.0714 bits per heavy atom. The van der Waals surface area contributed by atoms with Crippen LogP contribution in [0.4, 0.5) is 0 Å². The van der Waals surface area contributed by atoms with Crippen LogP contribution in [-0.2, 0) is 0 Å². The van der Waals surface area contributed by atoms with Gasteiger partial charge in [-0.3, -0.25) is 0 Å². The lowest BCUT2D eigenvalue weighted by atomic mass is 10.0. The average Bonchev–Trinajstić information content (AvgIpc) is 3.37. The highest BCUT2D eigenvalue weighted by atomic mass is 14.1. The molecule has 0 spiro atoms. The van der Waals surface area contributed by atoms with Gasteiger partial charge in [-0.2, -0.15) is 0 Å². The summed E-state index contributed by atoms with van der Waals surface area (Å²) in [6.07, 6.45) is 63.0. The van der Waals surface area contributed by atoms with E-state index in [-0.39, 0.29) is 0 Å². The highest BCUT2D eigenvalue weighted by Gasteiger charge is 1.99. The summed E-state index contributed by atoms with van der Waals surface area (Å²) >= 11 is 0. The Labute approximate surface area is 269 Å². The number of hydrogen-bond donors (Lipinski definition) is 0. The van der Waals surface area contributed by atoms with Crippen molar-refractivity contribution in [3.63, 3.8) is 0 Å². The van der Waals surface area contributed by atoms with Crippen molar-refractivity contribution in [2.75, 3.05) is 0 Å². The summed E-state index contributed by atoms with van der Waals surface area (Å²) in [7, 11) is 0. The lowest BCUT2D eigenvalue weighted by Crippen LogP contribution is -1.85. The standard InChI is InChI=1S/9C4H8.2C3H6/c9*1-2-4-3-1;2*1-2-3-1/h9*1-4H2;2*1-3H2. The van der Waals surface area contributed by atoms with E-state index in [0.29, 0.717) is 0 Å². The molecule has 0 saturated heterocycles. The minimum atomic E-state index is 1.50. The predicted molar refractivity (Wildman–Crippen MR) is 194 cm³/mol. The average molecular weight is 589 g/mol. The van der Waals surface area contributed by atoms with Crippen LogP contribution in [0.3, 0.4) is 0 Å². The summed E-state index contributed by atoms with van der Waals surface area (Å²) < 4.78 is 0. The summed E-state index contributed by atoms with van der Waals surface area (Å²) in [5.74, 6) is 0. The zero-order valence-electron chi connectivity index (χ0n) is 29.7. The summed E-state index contributed by atoms with van der Waals surface area (Å²) in [6, 6.07) is 0. The highest BCUT2D eigenvalue weighted by molar-refractivity contribution is 4.54. The Morgan fingerprint density at radius 1 is 0.0476 bits per heavy atom. The second-order valence-corrected chi connectivity index (χ2v) is 14.8. The van der Waals surface area contributed by atoms with Crippen LogP contribution >= 0.6 is 0 Å². The van der Waals surface area contributed by atoms with Crippen LogP contribution in [0.5, 0.6) is 0 Å². The molecular formula is C42H84. The van der Waals surface area contributed by atoms with Gasteiger partial charge in [-0.05, 0) is 0 Å². The molecule has 0 aromatic rings. The molecule has 0 radical (unpaired) electrons. The monoisotopic (exact) mass is 589 g/mol. The van der Waals surface area contributed by atoms with Crippen LogP contribution in [0.1, 0.15) is 270 Å². The zero-order valence-corrected chi connectivity index (χ0v) is 29.7. The Morgan fingerprint density at radius 2 is 0.0714 bits per heavy atom. The van der Waals surface area contributed by atoms with Crippen molar-refractivity contribution in [3.05, 3.63) is 0 Å². The molecule has 0 aliphatic heterocycles. The van der Waals surface area contributed by atoms with Crippen molar-refractivity contribution in [2.45, 2.75) is 270 Å². The van der Waals surface area contributed by atoms with E-state index in [1.54, 1.807) is 0 Å². The molecule has 0 bridgehead atoms. The summed E-state index contributed by atoms with van der Waals surface area (Å²) in [6.45, 7) is 0. The molecule has 0 nitrogen and oxygen atoms in total. The zero-order chi connectivity index (χ0) is 29.7. The largest absolute Gasteiger partial charge is 0.0533 e. The number of rotatable bonds is 0. The third kappa shape index (κ3) is 42.1. The van der Waals surface area contributed by atoms with E-state index >= 15 is 0 Å². The van der Waals surface area contributed by atoms with Crippen molar-refractivity contribution in [3.8, 4) is 0 Å². The van der Waals surface area contributed by atoms with Gasteiger partial charge in [0.05, 0.1) is 0 Å². The molecule has 0 heterocycles. The van der Waals surface area contributed by atoms with Crippen LogP contribution in [0.2, 0.25) is 0 Å². The Hall–Kier alpha value is 0. The maximum atomic E-state index is 1.50. The van der Waals surface area contributed by atoms with Gasteiger partial charge < -0.3 is 0 Å². The molecule has 11 fully saturated rings. The van der Waals surface area contributed by atoms with E-state index in [1.807, 2.05) is 0 Å². The van der Waals surface area contributed by atoms with Gasteiger partial charge in [-0.15, -0.1) is 0 Å². The van der Waals surface area contributed by atoms with Gasteiger partial charge in [0, 0.05) is 0 Å². The van der Waals surface area contributed by atoms with Crippen molar-refractivity contribution >= 4 is 0 Å². The second kappa shape index (κ2) is 37.2. The first-order valence-corrected chi connectivity index (χ1v) is 21.0. The van der Waals surface area contributed by atoms with Crippen molar-refractivity contribution in [2.24, 2.45) is 0 Å². The van der Waals surface area contributed by atoms with Crippen molar-refractivity contribution in [1.29, 1.82) is 0 Å². The lowest BCUT2D eigenvalue weighted by molar-refractivity contribution is 0.504. The van der Waals surface area contributed by atoms with Gasteiger partial charge >= 0.3 is 0 Å². The van der Waals surface area contributed by atoms with Crippen LogP contribution in [0, 0.1) is 0 Å². The molecule has 42 heavy (non-hydrogen) atoms. The smallest absolute Gasteiger partial charge is 0.0533 e. The van der Waals surface area contributed by atoms with E-state index in [0.717, 1.165) is 0 Å². The Balaban J connectivity index is 0.000000231. The normalized spacial score (nSPS) is 24.0. The maximum absolute atomic E-state index is 1.50. The van der Waals surface area contributed by atoms with Gasteiger partial charge in [-0.1, -0.05) is 270 Å². The van der Waals surface area contributed by atoms with Gasteiger partial charge in [0.2, 0.25) is 0 Å². The number of hydrogen-bond acceptors (Lipinski definition) is 0. The molecule has 0 aromatic carbocycles. The molecule has 11 aliphatic carbocycles. The fourth-order valence-electron chi connectivity index (χ4n) is 2.25. The van der Waals surface area contributed by atoms with Crippen LogP contribution in [0.25, 0.3) is 0 Å². The van der Waals surface area contributed by atoms with Crippen LogP contribution < -0.4 is 0 Å². The molecule has 0 unspecified atom stereocenters. The highest BCUT2D eigenvalue weighted by Crippen LogP contribution is 2.18. The predicted octanol–water partition coefficient (Wildman–Crippen LogP) is 16.4. The summed E-state index contributed by atoms with van der Waals surface area (Å²) in [5, 5.41) is 0. The molecule has 0 amide bonds. The van der Waals surface area contributed by atoms with Gasteiger partial charge in [-0.25, -0.2) is 0 Å². The molecule has 0 heteroatoms. The summed E-state index contributed by atoms with van der Waals surface area (Å²) in [4.78, 5) is 0. The quantitative estimate of drug-likeness (QED) is 0.264. The van der Waals surface area contributed by atoms with Crippen LogP contribution in [-0.4, -0.2) is 0 Å². The first-order chi connectivity index (χ1) is 21.0. The van der Waals surface area contributed by atoms with E-state index in [1.165, 1.54) is 270 Å².